The molecule has 0 bridgehead atoms. The normalized spacial score (nSPS) is 52.2. The van der Waals surface area contributed by atoms with Crippen molar-refractivity contribution in [1.82, 2.24) is 0 Å². The predicted octanol–water partition coefficient (Wildman–Crippen LogP) is 4.96. The predicted molar refractivity (Wildman–Crippen MR) is 101 cm³/mol. The van der Waals surface area contributed by atoms with E-state index in [2.05, 4.69) is 40.4 Å². The topological polar surface area (TPSA) is 52.0 Å². The third-order valence-corrected chi connectivity index (χ3v) is 8.99. The van der Waals surface area contributed by atoms with Gasteiger partial charge in [0.1, 0.15) is 0 Å². The van der Waals surface area contributed by atoms with Crippen LogP contribution in [0.3, 0.4) is 0 Å². The molecule has 0 saturated heterocycles. The van der Waals surface area contributed by atoms with Crippen LogP contribution in [0.5, 0.6) is 0 Å². The molecule has 2 nitrogen and oxygen atoms in total. The molecular formula is C21H42N2. The van der Waals surface area contributed by atoms with Crippen molar-refractivity contribution in [2.45, 2.75) is 91.5 Å². The summed E-state index contributed by atoms with van der Waals surface area (Å²) in [5, 5.41) is 0. The quantitative estimate of drug-likeness (QED) is 0.755. The molecule has 0 heterocycles. The Bertz CT molecular complexity index is 409. The van der Waals surface area contributed by atoms with Gasteiger partial charge >= 0.3 is 0 Å². The molecule has 2 heteroatoms. The summed E-state index contributed by atoms with van der Waals surface area (Å²) in [4.78, 5) is 0. The van der Waals surface area contributed by atoms with E-state index in [-0.39, 0.29) is 5.54 Å². The zero-order chi connectivity index (χ0) is 17.5. The SMILES string of the molecule is CCC1CCC2(N)C3CCC(C)C3(C)CCC2C1(C)CC.CN. The molecule has 4 N–H and O–H groups in total. The maximum Gasteiger partial charge on any atom is 0.0222 e. The molecule has 136 valence electrons. The Morgan fingerprint density at radius 2 is 1.57 bits per heavy atom. The lowest BCUT2D eigenvalue weighted by molar-refractivity contribution is -0.113. The summed E-state index contributed by atoms with van der Waals surface area (Å²) in [6, 6.07) is 0. The molecule has 23 heavy (non-hydrogen) atoms. The molecule has 3 aliphatic rings. The van der Waals surface area contributed by atoms with Crippen LogP contribution in [0.15, 0.2) is 0 Å². The van der Waals surface area contributed by atoms with Crippen LogP contribution in [-0.4, -0.2) is 12.6 Å². The van der Waals surface area contributed by atoms with Crippen LogP contribution in [-0.2, 0) is 0 Å². The molecule has 0 aromatic rings. The van der Waals surface area contributed by atoms with E-state index in [0.717, 1.165) is 23.7 Å². The van der Waals surface area contributed by atoms with E-state index in [9.17, 15) is 0 Å². The highest BCUT2D eigenvalue weighted by Gasteiger charge is 2.63. The Morgan fingerprint density at radius 1 is 0.913 bits per heavy atom. The van der Waals surface area contributed by atoms with Gasteiger partial charge in [-0.25, -0.2) is 0 Å². The van der Waals surface area contributed by atoms with Crippen molar-refractivity contribution >= 4 is 0 Å². The second-order valence-electron chi connectivity index (χ2n) is 9.24. The first-order chi connectivity index (χ1) is 10.8. The molecule has 0 amide bonds. The average Bonchev–Trinajstić information content (AvgIpc) is 2.86. The van der Waals surface area contributed by atoms with Crippen LogP contribution in [0.4, 0.5) is 0 Å². The molecule has 0 aromatic heterocycles. The Kier molecular flexibility index (Phi) is 5.58. The van der Waals surface area contributed by atoms with Crippen molar-refractivity contribution in [3.05, 3.63) is 0 Å². The van der Waals surface area contributed by atoms with E-state index < -0.39 is 0 Å². The van der Waals surface area contributed by atoms with Crippen LogP contribution in [0.1, 0.15) is 86.0 Å². The van der Waals surface area contributed by atoms with Crippen molar-refractivity contribution in [2.24, 2.45) is 46.0 Å². The van der Waals surface area contributed by atoms with Gasteiger partial charge in [-0.2, -0.15) is 0 Å². The Hall–Kier alpha value is -0.0800. The van der Waals surface area contributed by atoms with Gasteiger partial charge in [-0.15, -0.1) is 0 Å². The number of fused-ring (bicyclic) bond motifs is 3. The van der Waals surface area contributed by atoms with Crippen LogP contribution >= 0.6 is 0 Å². The van der Waals surface area contributed by atoms with Crippen LogP contribution in [0.2, 0.25) is 0 Å². The molecule has 7 unspecified atom stereocenters. The highest BCUT2D eigenvalue weighted by Crippen LogP contribution is 2.66. The minimum Gasteiger partial charge on any atom is -0.333 e. The third-order valence-electron chi connectivity index (χ3n) is 8.99. The maximum absolute atomic E-state index is 7.27. The first-order valence-corrected chi connectivity index (χ1v) is 10.2. The Labute approximate surface area is 145 Å². The first-order valence-electron chi connectivity index (χ1n) is 10.2. The number of hydrogen-bond acceptors (Lipinski definition) is 2. The zero-order valence-electron chi connectivity index (χ0n) is 16.6. The van der Waals surface area contributed by atoms with Gasteiger partial charge in [-0.05, 0) is 80.1 Å². The first kappa shape index (κ1) is 19.2. The maximum atomic E-state index is 7.27. The molecule has 3 saturated carbocycles. The summed E-state index contributed by atoms with van der Waals surface area (Å²) < 4.78 is 0. The third kappa shape index (κ3) is 2.59. The van der Waals surface area contributed by atoms with Gasteiger partial charge in [0.25, 0.3) is 0 Å². The Morgan fingerprint density at radius 3 is 2.13 bits per heavy atom. The minimum absolute atomic E-state index is 0.133. The van der Waals surface area contributed by atoms with Crippen molar-refractivity contribution < 1.29 is 0 Å². The van der Waals surface area contributed by atoms with E-state index in [1.54, 1.807) is 0 Å². The summed E-state index contributed by atoms with van der Waals surface area (Å²) in [6.07, 6.45) is 10.9. The van der Waals surface area contributed by atoms with Gasteiger partial charge < -0.3 is 11.5 Å². The standard InChI is InChI=1S/C20H37N.CH5N/c1-6-15-10-13-20(21)16-9-8-14(3)19(16,5)12-11-17(20)18(15,4)7-2;1-2/h14-17H,6-13,21H2,1-5H3;2H2,1H3. The average molecular weight is 323 g/mol. The zero-order valence-corrected chi connectivity index (χ0v) is 16.6. The van der Waals surface area contributed by atoms with Crippen LogP contribution in [0.25, 0.3) is 0 Å². The summed E-state index contributed by atoms with van der Waals surface area (Å²) in [7, 11) is 1.50. The minimum atomic E-state index is 0.133. The van der Waals surface area contributed by atoms with Gasteiger partial charge in [-0.3, -0.25) is 0 Å². The van der Waals surface area contributed by atoms with E-state index in [0.29, 0.717) is 10.8 Å². The van der Waals surface area contributed by atoms with Crippen molar-refractivity contribution in [3.8, 4) is 0 Å². The fraction of sp³-hybridized carbons (Fsp3) is 1.00. The molecule has 0 aromatic carbocycles. The molecule has 3 fully saturated rings. The fourth-order valence-corrected chi connectivity index (χ4v) is 7.23. The number of hydrogen-bond donors (Lipinski definition) is 2. The highest BCUT2D eigenvalue weighted by atomic mass is 14.9. The lowest BCUT2D eigenvalue weighted by Gasteiger charge is -2.64. The highest BCUT2D eigenvalue weighted by molar-refractivity contribution is 5.16. The van der Waals surface area contributed by atoms with E-state index >= 15 is 0 Å². The van der Waals surface area contributed by atoms with Crippen molar-refractivity contribution in [2.75, 3.05) is 7.05 Å². The Balaban J connectivity index is 0.000000924. The van der Waals surface area contributed by atoms with Gasteiger partial charge in [0, 0.05) is 5.54 Å². The van der Waals surface area contributed by atoms with E-state index in [1.807, 2.05) is 0 Å². The van der Waals surface area contributed by atoms with Gasteiger partial charge in [0.05, 0.1) is 0 Å². The van der Waals surface area contributed by atoms with Crippen LogP contribution < -0.4 is 11.5 Å². The van der Waals surface area contributed by atoms with E-state index in [4.69, 9.17) is 5.73 Å². The van der Waals surface area contributed by atoms with Gasteiger partial charge in [0.2, 0.25) is 0 Å². The summed E-state index contributed by atoms with van der Waals surface area (Å²) in [6.45, 7) is 12.4. The second kappa shape index (κ2) is 6.67. The monoisotopic (exact) mass is 322 g/mol. The lowest BCUT2D eigenvalue weighted by atomic mass is 9.43. The largest absolute Gasteiger partial charge is 0.333 e. The second-order valence-corrected chi connectivity index (χ2v) is 9.24. The molecule has 0 spiro atoms. The number of nitrogens with two attached hydrogens (primary N) is 2. The van der Waals surface area contributed by atoms with Gasteiger partial charge in [0.15, 0.2) is 0 Å². The molecule has 3 rings (SSSR count). The van der Waals surface area contributed by atoms with Crippen molar-refractivity contribution in [3.63, 3.8) is 0 Å². The fourth-order valence-electron chi connectivity index (χ4n) is 7.23. The molecule has 7 atom stereocenters. The summed E-state index contributed by atoms with van der Waals surface area (Å²) >= 11 is 0. The summed E-state index contributed by atoms with van der Waals surface area (Å²) in [5.74, 6) is 3.31. The molecule has 3 aliphatic carbocycles. The summed E-state index contributed by atoms with van der Waals surface area (Å²) in [5.41, 5.74) is 12.9. The van der Waals surface area contributed by atoms with E-state index in [1.165, 1.54) is 58.4 Å². The van der Waals surface area contributed by atoms with Crippen molar-refractivity contribution in [1.29, 1.82) is 0 Å². The molecular weight excluding hydrogens is 280 g/mol. The number of rotatable bonds is 2. The lowest BCUT2D eigenvalue weighted by Crippen LogP contribution is -2.67. The smallest absolute Gasteiger partial charge is 0.0222 e. The molecule has 0 radical (unpaired) electrons. The molecule has 0 aliphatic heterocycles. The van der Waals surface area contributed by atoms with Crippen LogP contribution in [0, 0.1) is 34.5 Å². The van der Waals surface area contributed by atoms with Gasteiger partial charge in [-0.1, -0.05) is 47.5 Å².